The molecule has 0 aliphatic rings. The van der Waals surface area contributed by atoms with Crippen molar-refractivity contribution in [2.24, 2.45) is 0 Å². The third-order valence-corrected chi connectivity index (χ3v) is 8.22. The molecule has 0 aliphatic carbocycles. The number of aryl methyl sites for hydroxylation is 2. The van der Waals surface area contributed by atoms with E-state index in [2.05, 4.69) is 105 Å². The molecule has 4 aromatic carbocycles. The minimum atomic E-state index is -0.610. The molecule has 0 radical (unpaired) electrons. The number of benzene rings is 4. The lowest BCUT2D eigenvalue weighted by atomic mass is 10.1. The third kappa shape index (κ3) is 4.14. The zero-order chi connectivity index (χ0) is 20.1. The SMILES string of the molecule is CCCc1ccccc1P(c1ccccc1CCC)c1cccc2ccccc12. The Morgan fingerprint density at radius 3 is 1.62 bits per heavy atom. The van der Waals surface area contributed by atoms with Crippen LogP contribution in [0.5, 0.6) is 0 Å². The summed E-state index contributed by atoms with van der Waals surface area (Å²) in [6.07, 6.45) is 4.62. The molecule has 0 nitrogen and oxygen atoms in total. The molecule has 0 spiro atoms. The Kier molecular flexibility index (Phi) is 6.43. The van der Waals surface area contributed by atoms with Gasteiger partial charge in [-0.2, -0.15) is 0 Å². The van der Waals surface area contributed by atoms with Gasteiger partial charge in [0.1, 0.15) is 0 Å². The zero-order valence-electron chi connectivity index (χ0n) is 17.4. The Morgan fingerprint density at radius 1 is 0.517 bits per heavy atom. The highest BCUT2D eigenvalue weighted by atomic mass is 31.1. The van der Waals surface area contributed by atoms with Crippen molar-refractivity contribution < 1.29 is 0 Å². The smallest absolute Gasteiger partial charge is 0.00724 e. The van der Waals surface area contributed by atoms with E-state index >= 15 is 0 Å². The molecular formula is C28H29P. The quantitative estimate of drug-likeness (QED) is 0.313. The van der Waals surface area contributed by atoms with E-state index in [1.54, 1.807) is 0 Å². The minimum absolute atomic E-state index is 0.610. The molecule has 4 rings (SSSR count). The van der Waals surface area contributed by atoms with Crippen LogP contribution in [0.2, 0.25) is 0 Å². The van der Waals surface area contributed by atoms with E-state index in [9.17, 15) is 0 Å². The summed E-state index contributed by atoms with van der Waals surface area (Å²) in [7, 11) is -0.610. The van der Waals surface area contributed by atoms with Crippen LogP contribution in [0, 0.1) is 0 Å². The molecule has 0 saturated carbocycles. The van der Waals surface area contributed by atoms with Gasteiger partial charge in [-0.15, -0.1) is 0 Å². The molecule has 0 unspecified atom stereocenters. The van der Waals surface area contributed by atoms with Gasteiger partial charge in [0.15, 0.2) is 0 Å². The molecule has 29 heavy (non-hydrogen) atoms. The van der Waals surface area contributed by atoms with Crippen LogP contribution < -0.4 is 15.9 Å². The van der Waals surface area contributed by atoms with E-state index in [-0.39, 0.29) is 0 Å². The molecule has 0 fully saturated rings. The van der Waals surface area contributed by atoms with Gasteiger partial charge in [-0.25, -0.2) is 0 Å². The van der Waals surface area contributed by atoms with Crippen molar-refractivity contribution in [3.8, 4) is 0 Å². The summed E-state index contributed by atoms with van der Waals surface area (Å²) in [5.41, 5.74) is 3.00. The molecule has 0 heterocycles. The van der Waals surface area contributed by atoms with Crippen LogP contribution in [0.15, 0.2) is 91.0 Å². The second kappa shape index (κ2) is 9.38. The van der Waals surface area contributed by atoms with Gasteiger partial charge >= 0.3 is 0 Å². The molecule has 0 aromatic heterocycles. The number of hydrogen-bond donors (Lipinski definition) is 0. The molecule has 0 N–H and O–H groups in total. The maximum absolute atomic E-state index is 2.38. The normalized spacial score (nSPS) is 11.3. The van der Waals surface area contributed by atoms with Crippen LogP contribution in [0.1, 0.15) is 37.8 Å². The van der Waals surface area contributed by atoms with Crippen molar-refractivity contribution in [2.75, 3.05) is 0 Å². The van der Waals surface area contributed by atoms with E-state index < -0.39 is 7.92 Å². The van der Waals surface area contributed by atoms with E-state index in [4.69, 9.17) is 0 Å². The van der Waals surface area contributed by atoms with Crippen molar-refractivity contribution in [2.45, 2.75) is 39.5 Å². The third-order valence-electron chi connectivity index (χ3n) is 5.51. The maximum Gasteiger partial charge on any atom is -0.00724 e. The Morgan fingerprint density at radius 2 is 1.00 bits per heavy atom. The topological polar surface area (TPSA) is 0 Å². The van der Waals surface area contributed by atoms with E-state index in [0.29, 0.717) is 0 Å². The van der Waals surface area contributed by atoms with Crippen LogP contribution in [0.4, 0.5) is 0 Å². The highest BCUT2D eigenvalue weighted by Gasteiger charge is 2.23. The lowest BCUT2D eigenvalue weighted by Gasteiger charge is -2.26. The van der Waals surface area contributed by atoms with E-state index in [1.807, 2.05) is 0 Å². The molecule has 0 saturated heterocycles. The summed E-state index contributed by atoms with van der Waals surface area (Å²) in [6.45, 7) is 4.56. The standard InChI is InChI=1S/C28H29P/c1-3-12-23-15-6-9-19-26(23)29(27-20-10-7-16-24(27)13-4-2)28-21-11-17-22-14-5-8-18-25(22)28/h5-11,14-21H,3-4,12-13H2,1-2H3. The van der Waals surface area contributed by atoms with Crippen molar-refractivity contribution in [1.29, 1.82) is 0 Å². The first-order valence-electron chi connectivity index (χ1n) is 10.8. The van der Waals surface area contributed by atoms with Gasteiger partial charge in [0.05, 0.1) is 0 Å². The van der Waals surface area contributed by atoms with Crippen LogP contribution in [-0.4, -0.2) is 0 Å². The van der Waals surface area contributed by atoms with E-state index in [1.165, 1.54) is 50.7 Å². The van der Waals surface area contributed by atoms with Gasteiger partial charge in [0, 0.05) is 0 Å². The van der Waals surface area contributed by atoms with Crippen LogP contribution >= 0.6 is 7.92 Å². The lowest BCUT2D eigenvalue weighted by molar-refractivity contribution is 0.926. The van der Waals surface area contributed by atoms with Crippen LogP contribution in [-0.2, 0) is 12.8 Å². The fourth-order valence-corrected chi connectivity index (χ4v) is 7.09. The van der Waals surface area contributed by atoms with Gasteiger partial charge in [0.25, 0.3) is 0 Å². The largest absolute Gasteiger partial charge is 0.0651 e. The fraction of sp³-hybridized carbons (Fsp3) is 0.214. The highest BCUT2D eigenvalue weighted by molar-refractivity contribution is 7.80. The summed E-state index contributed by atoms with van der Waals surface area (Å²) < 4.78 is 0. The number of hydrogen-bond acceptors (Lipinski definition) is 0. The first kappa shape index (κ1) is 19.9. The second-order valence-corrected chi connectivity index (χ2v) is 9.71. The average Bonchev–Trinajstić information content (AvgIpc) is 2.77. The molecular weight excluding hydrogens is 367 g/mol. The van der Waals surface area contributed by atoms with Gasteiger partial charge < -0.3 is 0 Å². The maximum atomic E-state index is 2.38. The Balaban J connectivity index is 2.01. The summed E-state index contributed by atoms with van der Waals surface area (Å²) in [6, 6.07) is 33.9. The predicted octanol–water partition coefficient (Wildman–Crippen LogP) is 6.50. The van der Waals surface area contributed by atoms with E-state index in [0.717, 1.165) is 12.8 Å². The molecule has 0 aliphatic heterocycles. The Bertz CT molecular complexity index is 1040. The second-order valence-electron chi connectivity index (χ2n) is 7.59. The van der Waals surface area contributed by atoms with Crippen molar-refractivity contribution >= 4 is 34.6 Å². The summed E-state index contributed by atoms with van der Waals surface area (Å²) in [5, 5.41) is 7.23. The summed E-state index contributed by atoms with van der Waals surface area (Å²) in [4.78, 5) is 0. The van der Waals surface area contributed by atoms with Crippen LogP contribution in [0.25, 0.3) is 10.8 Å². The van der Waals surface area contributed by atoms with Gasteiger partial charge in [-0.05, 0) is 58.6 Å². The van der Waals surface area contributed by atoms with Crippen molar-refractivity contribution in [3.05, 3.63) is 102 Å². The monoisotopic (exact) mass is 396 g/mol. The Labute approximate surface area is 176 Å². The molecule has 146 valence electrons. The Hall–Kier alpha value is -2.43. The van der Waals surface area contributed by atoms with Gasteiger partial charge in [-0.1, -0.05) is 118 Å². The molecule has 0 amide bonds. The van der Waals surface area contributed by atoms with Gasteiger partial charge in [0.2, 0.25) is 0 Å². The number of fused-ring (bicyclic) bond motifs is 1. The lowest BCUT2D eigenvalue weighted by Crippen LogP contribution is -2.26. The van der Waals surface area contributed by atoms with Gasteiger partial charge in [-0.3, -0.25) is 0 Å². The first-order valence-corrected chi connectivity index (χ1v) is 12.1. The highest BCUT2D eigenvalue weighted by Crippen LogP contribution is 2.38. The van der Waals surface area contributed by atoms with Crippen molar-refractivity contribution in [1.82, 2.24) is 0 Å². The molecule has 0 bridgehead atoms. The fourth-order valence-electron chi connectivity index (χ4n) is 4.21. The molecule has 0 atom stereocenters. The van der Waals surface area contributed by atoms with Crippen molar-refractivity contribution in [3.63, 3.8) is 0 Å². The molecule has 4 aromatic rings. The zero-order valence-corrected chi connectivity index (χ0v) is 18.3. The summed E-state index contributed by atoms with van der Waals surface area (Å²) in [5.74, 6) is 0. The average molecular weight is 397 g/mol. The first-order chi connectivity index (χ1) is 14.3. The number of rotatable bonds is 7. The molecule has 1 heteroatoms. The minimum Gasteiger partial charge on any atom is -0.0651 e. The van der Waals surface area contributed by atoms with Crippen LogP contribution in [0.3, 0.4) is 0 Å². The predicted molar refractivity (Wildman–Crippen MR) is 131 cm³/mol. The summed E-state index contributed by atoms with van der Waals surface area (Å²) >= 11 is 0.